The second kappa shape index (κ2) is 6.72. The van der Waals surface area contributed by atoms with Crippen LogP contribution in [0.2, 0.25) is 0 Å². The number of aryl methyl sites for hydroxylation is 1. The number of amides is 1. The molecule has 0 saturated heterocycles. The molecule has 0 saturated carbocycles. The molecule has 0 atom stereocenters. The molecule has 3 aromatic rings. The lowest BCUT2D eigenvalue weighted by molar-refractivity contribution is 0.0910. The van der Waals surface area contributed by atoms with Crippen molar-refractivity contribution in [2.75, 3.05) is 5.32 Å². The van der Waals surface area contributed by atoms with E-state index in [4.69, 9.17) is 0 Å². The molecule has 1 aliphatic rings. The van der Waals surface area contributed by atoms with E-state index in [0.29, 0.717) is 23.4 Å². The number of aromatic nitrogens is 3. The number of hydrogen-bond donors (Lipinski definition) is 2. The van der Waals surface area contributed by atoms with E-state index in [0.717, 1.165) is 34.8 Å². The van der Waals surface area contributed by atoms with Gasteiger partial charge < -0.3 is 10.3 Å². The molecule has 0 aliphatic heterocycles. The molecule has 4 rings (SSSR count). The highest BCUT2D eigenvalue weighted by Crippen LogP contribution is 2.37. The number of anilines is 1. The molecule has 0 spiro atoms. The van der Waals surface area contributed by atoms with E-state index in [1.165, 1.54) is 0 Å². The zero-order valence-corrected chi connectivity index (χ0v) is 17.5. The molecule has 0 bridgehead atoms. The molecular weight excluding hydrogens is 364 g/mol. The highest BCUT2D eigenvalue weighted by atomic mass is 16.2. The third-order valence-electron chi connectivity index (χ3n) is 5.66. The Kier molecular flexibility index (Phi) is 4.45. The second-order valence-electron chi connectivity index (χ2n) is 8.67. The van der Waals surface area contributed by atoms with E-state index in [2.05, 4.69) is 29.2 Å². The zero-order valence-electron chi connectivity index (χ0n) is 17.5. The predicted molar refractivity (Wildman–Crippen MR) is 113 cm³/mol. The molecule has 0 unspecified atom stereocenters. The van der Waals surface area contributed by atoms with Crippen LogP contribution in [0, 0.1) is 26.2 Å². The van der Waals surface area contributed by atoms with Crippen molar-refractivity contribution in [1.29, 1.82) is 0 Å². The van der Waals surface area contributed by atoms with Gasteiger partial charge in [-0.3, -0.25) is 9.59 Å². The Bertz CT molecular complexity index is 1120. The number of nitrogens with one attached hydrogen (secondary N) is 2. The normalized spacial score (nSPS) is 15.3. The van der Waals surface area contributed by atoms with Crippen molar-refractivity contribution in [3.05, 3.63) is 64.2 Å². The zero-order chi connectivity index (χ0) is 20.9. The first-order valence-corrected chi connectivity index (χ1v) is 9.85. The fraction of sp³-hybridized carbons (Fsp3) is 0.348. The van der Waals surface area contributed by atoms with Crippen LogP contribution in [0.3, 0.4) is 0 Å². The average Bonchev–Trinajstić information content (AvgIpc) is 3.12. The Balaban J connectivity index is 1.67. The molecule has 1 aliphatic carbocycles. The number of Topliss-reactive ketones (excluding diaryl/α,β-unsaturated/α-hetero) is 1. The van der Waals surface area contributed by atoms with Crippen LogP contribution >= 0.6 is 0 Å². The van der Waals surface area contributed by atoms with Crippen molar-refractivity contribution < 1.29 is 9.59 Å². The first kappa shape index (κ1) is 19.2. The Morgan fingerprint density at radius 2 is 1.83 bits per heavy atom. The van der Waals surface area contributed by atoms with Gasteiger partial charge in [-0.05, 0) is 50.3 Å². The number of carbonyl (C=O) groups is 2. The van der Waals surface area contributed by atoms with Crippen molar-refractivity contribution in [2.45, 2.75) is 47.5 Å². The average molecular weight is 390 g/mol. The maximum atomic E-state index is 13.1. The molecule has 0 radical (unpaired) electrons. The minimum Gasteiger partial charge on any atom is -0.354 e. The van der Waals surface area contributed by atoms with Crippen LogP contribution in [-0.4, -0.2) is 26.5 Å². The van der Waals surface area contributed by atoms with Gasteiger partial charge >= 0.3 is 0 Å². The maximum absolute atomic E-state index is 13.1. The van der Waals surface area contributed by atoms with Crippen LogP contribution in [0.15, 0.2) is 30.3 Å². The van der Waals surface area contributed by atoms with Gasteiger partial charge in [0.1, 0.15) is 5.69 Å². The number of benzene rings is 1. The van der Waals surface area contributed by atoms with E-state index in [-0.39, 0.29) is 17.1 Å². The molecule has 2 N–H and O–H groups in total. The molecule has 2 heterocycles. The van der Waals surface area contributed by atoms with E-state index in [9.17, 15) is 9.59 Å². The van der Waals surface area contributed by atoms with Crippen molar-refractivity contribution in [2.24, 2.45) is 5.41 Å². The predicted octanol–water partition coefficient (Wildman–Crippen LogP) is 4.53. The lowest BCUT2D eigenvalue weighted by atomic mass is 9.75. The molecule has 0 fully saturated rings. The standard InChI is InChI=1S/C23H26N4O2/c1-13-19-17(11-23(4,5)12-18(19)28)24-20(13)22(29)25-21-14(2)26-27(15(21)3)16-9-7-6-8-10-16/h6-10,24H,11-12H2,1-5H3,(H,25,29). The number of fused-ring (bicyclic) bond motifs is 1. The summed E-state index contributed by atoms with van der Waals surface area (Å²) in [6, 6.07) is 9.81. The van der Waals surface area contributed by atoms with Crippen LogP contribution in [0.1, 0.15) is 63.8 Å². The van der Waals surface area contributed by atoms with Gasteiger partial charge in [0.15, 0.2) is 5.78 Å². The van der Waals surface area contributed by atoms with E-state index in [1.54, 1.807) is 0 Å². The quantitative estimate of drug-likeness (QED) is 0.689. The van der Waals surface area contributed by atoms with Crippen LogP contribution in [0.25, 0.3) is 5.69 Å². The number of aromatic amines is 1. The van der Waals surface area contributed by atoms with Gasteiger partial charge in [0.25, 0.3) is 5.91 Å². The van der Waals surface area contributed by atoms with Gasteiger partial charge in [-0.25, -0.2) is 4.68 Å². The molecule has 6 nitrogen and oxygen atoms in total. The molecule has 29 heavy (non-hydrogen) atoms. The number of rotatable bonds is 3. The summed E-state index contributed by atoms with van der Waals surface area (Å²) in [5, 5.41) is 7.59. The van der Waals surface area contributed by atoms with Crippen LogP contribution in [-0.2, 0) is 6.42 Å². The molecule has 150 valence electrons. The van der Waals surface area contributed by atoms with Crippen molar-refractivity contribution >= 4 is 17.4 Å². The third-order valence-corrected chi connectivity index (χ3v) is 5.66. The molecule has 6 heteroatoms. The van der Waals surface area contributed by atoms with Crippen LogP contribution in [0.5, 0.6) is 0 Å². The highest BCUT2D eigenvalue weighted by Gasteiger charge is 2.35. The van der Waals surface area contributed by atoms with Gasteiger partial charge in [-0.15, -0.1) is 0 Å². The van der Waals surface area contributed by atoms with E-state index < -0.39 is 0 Å². The fourth-order valence-corrected chi connectivity index (χ4v) is 4.28. The van der Waals surface area contributed by atoms with Crippen LogP contribution < -0.4 is 5.32 Å². The van der Waals surface area contributed by atoms with Gasteiger partial charge in [0.05, 0.1) is 22.8 Å². The highest BCUT2D eigenvalue weighted by molar-refractivity contribution is 6.09. The fourth-order valence-electron chi connectivity index (χ4n) is 4.28. The molecular formula is C23H26N4O2. The largest absolute Gasteiger partial charge is 0.354 e. The number of nitrogens with zero attached hydrogens (tertiary/aromatic N) is 2. The molecule has 1 amide bonds. The summed E-state index contributed by atoms with van der Waals surface area (Å²) in [5.74, 6) is -0.144. The van der Waals surface area contributed by atoms with E-state index in [1.807, 2.05) is 55.8 Å². The van der Waals surface area contributed by atoms with Gasteiger partial charge in [0.2, 0.25) is 0 Å². The van der Waals surface area contributed by atoms with E-state index >= 15 is 0 Å². The number of ketones is 1. The number of hydrogen-bond acceptors (Lipinski definition) is 3. The summed E-state index contributed by atoms with van der Waals surface area (Å²) in [6.45, 7) is 9.80. The lowest BCUT2D eigenvalue weighted by Crippen LogP contribution is -2.26. The number of carbonyl (C=O) groups excluding carboxylic acids is 2. The Morgan fingerprint density at radius 3 is 2.52 bits per heavy atom. The van der Waals surface area contributed by atoms with Crippen molar-refractivity contribution in [1.82, 2.24) is 14.8 Å². The first-order valence-electron chi connectivity index (χ1n) is 9.85. The summed E-state index contributed by atoms with van der Waals surface area (Å²) in [6.07, 6.45) is 1.26. The Labute approximate surface area is 170 Å². The van der Waals surface area contributed by atoms with Crippen molar-refractivity contribution in [3.8, 4) is 5.69 Å². The third kappa shape index (κ3) is 3.28. The number of para-hydroxylation sites is 1. The Hall–Kier alpha value is -3.15. The topological polar surface area (TPSA) is 79.8 Å². The summed E-state index contributed by atoms with van der Waals surface area (Å²) in [7, 11) is 0. The summed E-state index contributed by atoms with van der Waals surface area (Å²) < 4.78 is 1.82. The van der Waals surface area contributed by atoms with Gasteiger partial charge in [-0.1, -0.05) is 32.0 Å². The minimum atomic E-state index is -0.249. The van der Waals surface area contributed by atoms with Gasteiger partial charge in [-0.2, -0.15) is 5.10 Å². The number of H-pyrrole nitrogens is 1. The monoisotopic (exact) mass is 390 g/mol. The van der Waals surface area contributed by atoms with Gasteiger partial charge in [0, 0.05) is 17.7 Å². The summed E-state index contributed by atoms with van der Waals surface area (Å²) in [4.78, 5) is 28.9. The smallest absolute Gasteiger partial charge is 0.272 e. The van der Waals surface area contributed by atoms with Crippen molar-refractivity contribution in [3.63, 3.8) is 0 Å². The SMILES string of the molecule is Cc1nn(-c2ccccc2)c(C)c1NC(=O)c1[nH]c2c(c1C)C(=O)CC(C)(C)C2. The summed E-state index contributed by atoms with van der Waals surface area (Å²) >= 11 is 0. The molecule has 1 aromatic carbocycles. The first-order chi connectivity index (χ1) is 13.7. The maximum Gasteiger partial charge on any atom is 0.272 e. The minimum absolute atomic E-state index is 0.0981. The Morgan fingerprint density at radius 1 is 1.14 bits per heavy atom. The molecule has 2 aromatic heterocycles. The van der Waals surface area contributed by atoms with Crippen LogP contribution in [0.4, 0.5) is 5.69 Å². The second-order valence-corrected chi connectivity index (χ2v) is 8.67. The summed E-state index contributed by atoms with van der Waals surface area (Å²) in [5.41, 5.74) is 5.85. The lowest BCUT2D eigenvalue weighted by Gasteiger charge is -2.28.